The van der Waals surface area contributed by atoms with Gasteiger partial charge in [-0.15, -0.1) is 0 Å². The molecule has 0 aromatic heterocycles. The van der Waals surface area contributed by atoms with Gasteiger partial charge in [-0.25, -0.2) is 4.79 Å². The van der Waals surface area contributed by atoms with E-state index in [1.807, 2.05) is 6.07 Å². The minimum atomic E-state index is -1.07. The quantitative estimate of drug-likeness (QED) is 0.687. The van der Waals surface area contributed by atoms with Crippen molar-refractivity contribution in [2.24, 2.45) is 0 Å². The van der Waals surface area contributed by atoms with Crippen molar-refractivity contribution >= 4 is 17.8 Å². The largest absolute Gasteiger partial charge is 0.352 e. The van der Waals surface area contributed by atoms with Gasteiger partial charge in [0.05, 0.1) is 0 Å². The van der Waals surface area contributed by atoms with E-state index >= 15 is 0 Å². The van der Waals surface area contributed by atoms with Gasteiger partial charge in [0, 0.05) is 13.5 Å². The summed E-state index contributed by atoms with van der Waals surface area (Å²) in [6.07, 6.45) is 0. The Balaban J connectivity index is 2.25. The van der Waals surface area contributed by atoms with Crippen molar-refractivity contribution < 1.29 is 14.4 Å². The fraction of sp³-hybridized carbons (Fsp3) is 0.308. The lowest BCUT2D eigenvalue weighted by Gasteiger charge is -2.21. The third kappa shape index (κ3) is 2.57. The minimum absolute atomic E-state index is 0.122. The highest BCUT2D eigenvalue weighted by Gasteiger charge is 2.43. The zero-order chi connectivity index (χ0) is 14.0. The molecule has 0 spiro atoms. The second-order valence-corrected chi connectivity index (χ2v) is 4.64. The van der Waals surface area contributed by atoms with Crippen LogP contribution in [0.2, 0.25) is 0 Å². The van der Waals surface area contributed by atoms with Crippen LogP contribution in [0.4, 0.5) is 4.79 Å². The highest BCUT2D eigenvalue weighted by atomic mass is 16.2. The predicted molar refractivity (Wildman–Crippen MR) is 68.0 cm³/mol. The topological polar surface area (TPSA) is 87.3 Å². The number of nitrogens with one attached hydrogen (secondary N) is 3. The second-order valence-electron chi connectivity index (χ2n) is 4.64. The average Bonchev–Trinajstić information content (AvgIpc) is 2.62. The highest BCUT2D eigenvalue weighted by Crippen LogP contribution is 2.24. The number of amides is 4. The molecule has 1 aliphatic rings. The Morgan fingerprint density at radius 1 is 1.37 bits per heavy atom. The predicted octanol–water partition coefficient (Wildman–Crippen LogP) is 0.377. The molecular formula is C13H15N3O3. The van der Waals surface area contributed by atoms with E-state index in [0.717, 1.165) is 5.56 Å². The molecule has 4 amide bonds. The molecule has 3 N–H and O–H groups in total. The Hall–Kier alpha value is -2.37. The summed E-state index contributed by atoms with van der Waals surface area (Å²) in [5, 5.41) is 7.50. The SMILES string of the molecule is CC(=O)NCc1cccc(C2(C)NC(=O)NC2=O)c1. The van der Waals surface area contributed by atoms with Crippen molar-refractivity contribution in [1.29, 1.82) is 0 Å². The van der Waals surface area contributed by atoms with E-state index in [1.54, 1.807) is 25.1 Å². The van der Waals surface area contributed by atoms with Crippen LogP contribution in [0.5, 0.6) is 0 Å². The Morgan fingerprint density at radius 3 is 2.68 bits per heavy atom. The van der Waals surface area contributed by atoms with Crippen molar-refractivity contribution in [3.05, 3.63) is 35.4 Å². The van der Waals surface area contributed by atoms with Crippen molar-refractivity contribution in [3.63, 3.8) is 0 Å². The standard InChI is InChI=1S/C13H15N3O3/c1-8(17)14-7-9-4-3-5-10(6-9)13(2)11(18)15-12(19)16-13/h3-6H,7H2,1-2H3,(H,14,17)(H2,15,16,18,19). The number of rotatable bonds is 3. The molecular weight excluding hydrogens is 246 g/mol. The van der Waals surface area contributed by atoms with Crippen LogP contribution in [0.3, 0.4) is 0 Å². The Labute approximate surface area is 110 Å². The van der Waals surface area contributed by atoms with Crippen LogP contribution in [0.25, 0.3) is 0 Å². The molecule has 1 aromatic rings. The normalized spacial score (nSPS) is 21.8. The van der Waals surface area contributed by atoms with Crippen LogP contribution in [0, 0.1) is 0 Å². The van der Waals surface area contributed by atoms with Gasteiger partial charge in [0.15, 0.2) is 0 Å². The molecule has 19 heavy (non-hydrogen) atoms. The van der Waals surface area contributed by atoms with Gasteiger partial charge >= 0.3 is 6.03 Å². The first-order valence-corrected chi connectivity index (χ1v) is 5.89. The van der Waals surface area contributed by atoms with E-state index in [0.29, 0.717) is 12.1 Å². The van der Waals surface area contributed by atoms with Crippen molar-refractivity contribution in [2.45, 2.75) is 25.9 Å². The Kier molecular flexibility index (Phi) is 3.25. The van der Waals surface area contributed by atoms with E-state index in [9.17, 15) is 14.4 Å². The summed E-state index contributed by atoms with van der Waals surface area (Å²) in [5.74, 6) is -0.502. The third-order valence-electron chi connectivity index (χ3n) is 3.09. The highest BCUT2D eigenvalue weighted by molar-refractivity contribution is 6.07. The molecule has 1 unspecified atom stereocenters. The lowest BCUT2D eigenvalue weighted by molar-refractivity contribution is -0.123. The van der Waals surface area contributed by atoms with E-state index in [4.69, 9.17) is 0 Å². The van der Waals surface area contributed by atoms with Gasteiger partial charge in [0.2, 0.25) is 5.91 Å². The maximum Gasteiger partial charge on any atom is 0.322 e. The number of hydrogen-bond donors (Lipinski definition) is 3. The summed E-state index contributed by atoms with van der Waals surface area (Å²) in [5.41, 5.74) is 0.477. The van der Waals surface area contributed by atoms with Crippen LogP contribution in [-0.4, -0.2) is 17.8 Å². The van der Waals surface area contributed by atoms with Gasteiger partial charge in [-0.3, -0.25) is 14.9 Å². The molecule has 6 heteroatoms. The first kappa shape index (κ1) is 13.1. The first-order chi connectivity index (χ1) is 8.91. The molecule has 0 saturated carbocycles. The average molecular weight is 261 g/mol. The number of hydrogen-bond acceptors (Lipinski definition) is 3. The van der Waals surface area contributed by atoms with Crippen LogP contribution in [0.15, 0.2) is 24.3 Å². The number of imide groups is 1. The molecule has 0 bridgehead atoms. The van der Waals surface area contributed by atoms with Crippen LogP contribution in [-0.2, 0) is 21.7 Å². The summed E-state index contributed by atoms with van der Waals surface area (Å²) >= 11 is 0. The Morgan fingerprint density at radius 2 is 2.11 bits per heavy atom. The van der Waals surface area contributed by atoms with Gasteiger partial charge in [0.25, 0.3) is 5.91 Å². The summed E-state index contributed by atoms with van der Waals surface area (Å²) < 4.78 is 0. The molecule has 1 aliphatic heterocycles. The molecule has 6 nitrogen and oxygen atoms in total. The molecule has 100 valence electrons. The molecule has 0 radical (unpaired) electrons. The van der Waals surface area contributed by atoms with E-state index in [-0.39, 0.29) is 11.8 Å². The van der Waals surface area contributed by atoms with E-state index < -0.39 is 11.6 Å². The molecule has 2 rings (SSSR count). The van der Waals surface area contributed by atoms with Crippen LogP contribution < -0.4 is 16.0 Å². The van der Waals surface area contributed by atoms with E-state index in [2.05, 4.69) is 16.0 Å². The summed E-state index contributed by atoms with van der Waals surface area (Å²) in [4.78, 5) is 33.9. The lowest BCUT2D eigenvalue weighted by atomic mass is 9.91. The van der Waals surface area contributed by atoms with Crippen molar-refractivity contribution in [1.82, 2.24) is 16.0 Å². The number of urea groups is 1. The zero-order valence-electron chi connectivity index (χ0n) is 10.7. The lowest BCUT2D eigenvalue weighted by Crippen LogP contribution is -2.40. The summed E-state index contributed by atoms with van der Waals surface area (Å²) in [7, 11) is 0. The monoisotopic (exact) mass is 261 g/mol. The van der Waals surface area contributed by atoms with Crippen molar-refractivity contribution in [2.75, 3.05) is 0 Å². The third-order valence-corrected chi connectivity index (χ3v) is 3.09. The summed E-state index contributed by atoms with van der Waals surface area (Å²) in [6.45, 7) is 3.47. The smallest absolute Gasteiger partial charge is 0.322 e. The molecule has 1 saturated heterocycles. The van der Waals surface area contributed by atoms with E-state index in [1.165, 1.54) is 6.92 Å². The Bertz CT molecular complexity index is 556. The number of carbonyl (C=O) groups is 3. The van der Waals surface area contributed by atoms with Crippen LogP contribution >= 0.6 is 0 Å². The zero-order valence-corrected chi connectivity index (χ0v) is 10.7. The number of carbonyl (C=O) groups excluding carboxylic acids is 3. The maximum absolute atomic E-state index is 11.8. The minimum Gasteiger partial charge on any atom is -0.352 e. The number of benzene rings is 1. The van der Waals surface area contributed by atoms with Gasteiger partial charge in [0.1, 0.15) is 5.54 Å². The molecule has 1 heterocycles. The molecule has 1 atom stereocenters. The van der Waals surface area contributed by atoms with Gasteiger partial charge in [-0.2, -0.15) is 0 Å². The maximum atomic E-state index is 11.8. The van der Waals surface area contributed by atoms with Gasteiger partial charge in [-0.05, 0) is 18.1 Å². The van der Waals surface area contributed by atoms with Gasteiger partial charge in [-0.1, -0.05) is 24.3 Å². The van der Waals surface area contributed by atoms with Gasteiger partial charge < -0.3 is 10.6 Å². The fourth-order valence-electron chi connectivity index (χ4n) is 1.97. The van der Waals surface area contributed by atoms with Crippen LogP contribution in [0.1, 0.15) is 25.0 Å². The summed E-state index contributed by atoms with van der Waals surface area (Å²) in [6, 6.07) is 6.69. The van der Waals surface area contributed by atoms with Crippen molar-refractivity contribution in [3.8, 4) is 0 Å². The molecule has 1 fully saturated rings. The second kappa shape index (κ2) is 4.72. The fourth-order valence-corrected chi connectivity index (χ4v) is 1.97. The first-order valence-electron chi connectivity index (χ1n) is 5.89. The molecule has 1 aromatic carbocycles. The molecule has 0 aliphatic carbocycles.